The Morgan fingerprint density at radius 1 is 0.781 bits per heavy atom. The lowest BCUT2D eigenvalue weighted by molar-refractivity contribution is 0.0951. The van der Waals surface area contributed by atoms with Crippen LogP contribution in [0.1, 0.15) is 34.0 Å². The number of nitrogens with zero attached hydrogens (tertiary/aromatic N) is 2. The number of rotatable bonds is 6. The maximum absolute atomic E-state index is 12.6. The highest BCUT2D eigenvalue weighted by Crippen LogP contribution is 2.13. The maximum Gasteiger partial charge on any atom is 0.317 e. The quantitative estimate of drug-likeness (QED) is 0.480. The van der Waals surface area contributed by atoms with Crippen molar-refractivity contribution < 1.29 is 4.79 Å². The van der Waals surface area contributed by atoms with Crippen LogP contribution in [-0.4, -0.2) is 15.0 Å². The van der Waals surface area contributed by atoms with Gasteiger partial charge in [-0.1, -0.05) is 55.5 Å². The minimum absolute atomic E-state index is 0.160. The number of benzene rings is 3. The summed E-state index contributed by atoms with van der Waals surface area (Å²) in [5, 5.41) is 2.93. The van der Waals surface area contributed by atoms with Crippen molar-refractivity contribution in [3.63, 3.8) is 0 Å². The number of carbonyl (C=O) groups is 1. The Balaban J connectivity index is 1.50. The SMILES string of the molecule is CCc1ccc(CNC(=O)c2ccc(Cn3c(=O)c(=O)n(C)c4ccccc43)cc2)cc1. The fourth-order valence-electron chi connectivity index (χ4n) is 3.73. The Morgan fingerprint density at radius 3 is 2.03 bits per heavy atom. The van der Waals surface area contributed by atoms with Crippen molar-refractivity contribution in [3.05, 3.63) is 116 Å². The lowest BCUT2D eigenvalue weighted by Gasteiger charge is -2.13. The number of para-hydroxylation sites is 2. The van der Waals surface area contributed by atoms with Crippen molar-refractivity contribution in [3.8, 4) is 0 Å². The molecule has 0 aliphatic heterocycles. The molecule has 1 heterocycles. The molecule has 1 aromatic heterocycles. The van der Waals surface area contributed by atoms with Gasteiger partial charge in [0.2, 0.25) is 0 Å². The molecule has 0 saturated heterocycles. The number of aryl methyl sites for hydroxylation is 2. The predicted octanol–water partition coefficient (Wildman–Crippen LogP) is 3.24. The van der Waals surface area contributed by atoms with Crippen LogP contribution in [0.15, 0.2) is 82.4 Å². The normalized spacial score (nSPS) is 10.9. The first-order chi connectivity index (χ1) is 15.5. The van der Waals surface area contributed by atoms with E-state index >= 15 is 0 Å². The highest BCUT2D eigenvalue weighted by atomic mass is 16.2. The molecule has 0 atom stereocenters. The molecule has 3 aromatic carbocycles. The van der Waals surface area contributed by atoms with Crippen LogP contribution in [0, 0.1) is 0 Å². The molecule has 1 N–H and O–H groups in total. The fraction of sp³-hybridized carbons (Fsp3) is 0.192. The third kappa shape index (κ3) is 4.25. The molecule has 0 aliphatic rings. The van der Waals surface area contributed by atoms with Crippen LogP contribution in [0.4, 0.5) is 0 Å². The Labute approximate surface area is 185 Å². The van der Waals surface area contributed by atoms with Crippen LogP contribution in [0.2, 0.25) is 0 Å². The topological polar surface area (TPSA) is 73.1 Å². The van der Waals surface area contributed by atoms with Crippen molar-refractivity contribution in [2.45, 2.75) is 26.4 Å². The first-order valence-corrected chi connectivity index (χ1v) is 10.6. The van der Waals surface area contributed by atoms with Crippen LogP contribution in [-0.2, 0) is 26.6 Å². The smallest absolute Gasteiger partial charge is 0.317 e. The zero-order valence-corrected chi connectivity index (χ0v) is 18.2. The van der Waals surface area contributed by atoms with Crippen LogP contribution in [0.3, 0.4) is 0 Å². The van der Waals surface area contributed by atoms with E-state index in [4.69, 9.17) is 0 Å². The zero-order valence-electron chi connectivity index (χ0n) is 18.2. The summed E-state index contributed by atoms with van der Waals surface area (Å²) in [4.78, 5) is 37.5. The van der Waals surface area contributed by atoms with Gasteiger partial charge in [0.1, 0.15) is 0 Å². The van der Waals surface area contributed by atoms with Gasteiger partial charge in [0.05, 0.1) is 17.6 Å². The molecule has 4 rings (SSSR count). The second-order valence-corrected chi connectivity index (χ2v) is 7.79. The molecular weight excluding hydrogens is 402 g/mol. The average molecular weight is 428 g/mol. The largest absolute Gasteiger partial charge is 0.348 e. The van der Waals surface area contributed by atoms with Crippen LogP contribution in [0.25, 0.3) is 11.0 Å². The number of hydrogen-bond acceptors (Lipinski definition) is 3. The lowest BCUT2D eigenvalue weighted by atomic mass is 10.1. The van der Waals surface area contributed by atoms with Crippen molar-refractivity contribution in [1.82, 2.24) is 14.5 Å². The van der Waals surface area contributed by atoms with Gasteiger partial charge in [-0.15, -0.1) is 0 Å². The van der Waals surface area contributed by atoms with E-state index in [-0.39, 0.29) is 12.5 Å². The van der Waals surface area contributed by atoms with Gasteiger partial charge in [-0.2, -0.15) is 0 Å². The standard InChI is InChI=1S/C26H25N3O3/c1-3-18-8-10-19(11-9-18)16-27-24(30)21-14-12-20(13-15-21)17-29-23-7-5-4-6-22(23)28(2)25(31)26(29)32/h4-15H,3,16-17H2,1-2H3,(H,27,30). The zero-order chi connectivity index (χ0) is 22.7. The molecule has 0 unspecified atom stereocenters. The molecule has 6 heteroatoms. The summed E-state index contributed by atoms with van der Waals surface area (Å²) in [6.07, 6.45) is 0.985. The van der Waals surface area contributed by atoms with Crippen molar-refractivity contribution in [2.75, 3.05) is 0 Å². The van der Waals surface area contributed by atoms with E-state index in [2.05, 4.69) is 24.4 Å². The van der Waals surface area contributed by atoms with E-state index in [0.717, 1.165) is 17.5 Å². The van der Waals surface area contributed by atoms with Gasteiger partial charge < -0.3 is 9.88 Å². The van der Waals surface area contributed by atoms with E-state index in [1.165, 1.54) is 14.7 Å². The first-order valence-electron chi connectivity index (χ1n) is 10.6. The van der Waals surface area contributed by atoms with Gasteiger partial charge in [-0.3, -0.25) is 19.0 Å². The molecule has 0 spiro atoms. The predicted molar refractivity (Wildman–Crippen MR) is 126 cm³/mol. The number of carbonyl (C=O) groups excluding carboxylic acids is 1. The summed E-state index contributed by atoms with van der Waals surface area (Å²) in [5.74, 6) is -0.160. The molecule has 32 heavy (non-hydrogen) atoms. The first kappa shape index (κ1) is 21.3. The summed E-state index contributed by atoms with van der Waals surface area (Å²) in [6.45, 7) is 2.82. The van der Waals surface area contributed by atoms with Gasteiger partial charge in [-0.25, -0.2) is 0 Å². The molecule has 0 fully saturated rings. The highest BCUT2D eigenvalue weighted by molar-refractivity contribution is 5.94. The monoisotopic (exact) mass is 427 g/mol. The van der Waals surface area contributed by atoms with Crippen molar-refractivity contribution in [1.29, 1.82) is 0 Å². The molecule has 1 amide bonds. The third-order valence-corrected chi connectivity index (χ3v) is 5.71. The van der Waals surface area contributed by atoms with Crippen LogP contribution in [0.5, 0.6) is 0 Å². The molecule has 162 valence electrons. The average Bonchev–Trinajstić information content (AvgIpc) is 2.84. The maximum atomic E-state index is 12.6. The van der Waals surface area contributed by atoms with E-state index in [0.29, 0.717) is 23.1 Å². The molecule has 0 saturated carbocycles. The molecule has 0 radical (unpaired) electrons. The number of hydrogen-bond donors (Lipinski definition) is 1. The molecule has 0 bridgehead atoms. The van der Waals surface area contributed by atoms with Gasteiger partial charge >= 0.3 is 11.1 Å². The summed E-state index contributed by atoms with van der Waals surface area (Å²) < 4.78 is 2.85. The summed E-state index contributed by atoms with van der Waals surface area (Å²) in [5.41, 5.74) is 3.93. The third-order valence-electron chi connectivity index (χ3n) is 5.71. The van der Waals surface area contributed by atoms with E-state index < -0.39 is 11.1 Å². The minimum Gasteiger partial charge on any atom is -0.348 e. The van der Waals surface area contributed by atoms with E-state index in [9.17, 15) is 14.4 Å². The Kier molecular flexibility index (Phi) is 6.03. The molecular formula is C26H25N3O3. The molecule has 6 nitrogen and oxygen atoms in total. The van der Waals surface area contributed by atoms with Gasteiger partial charge in [0.25, 0.3) is 5.91 Å². The van der Waals surface area contributed by atoms with Crippen LogP contribution >= 0.6 is 0 Å². The van der Waals surface area contributed by atoms with E-state index in [1.807, 2.05) is 48.5 Å². The number of fused-ring (bicyclic) bond motifs is 1. The summed E-state index contributed by atoms with van der Waals surface area (Å²) in [6, 6.07) is 22.6. The highest BCUT2D eigenvalue weighted by Gasteiger charge is 2.11. The van der Waals surface area contributed by atoms with Crippen LogP contribution < -0.4 is 16.4 Å². The Morgan fingerprint density at radius 2 is 1.38 bits per heavy atom. The number of amides is 1. The molecule has 4 aromatic rings. The van der Waals surface area contributed by atoms with E-state index in [1.54, 1.807) is 19.2 Å². The van der Waals surface area contributed by atoms with Gasteiger partial charge in [-0.05, 0) is 47.4 Å². The van der Waals surface area contributed by atoms with Gasteiger partial charge in [0, 0.05) is 19.2 Å². The summed E-state index contributed by atoms with van der Waals surface area (Å²) >= 11 is 0. The molecule has 0 aliphatic carbocycles. The number of nitrogens with one attached hydrogen (secondary N) is 1. The fourth-order valence-corrected chi connectivity index (χ4v) is 3.73. The lowest BCUT2D eigenvalue weighted by Crippen LogP contribution is -2.40. The number of aromatic nitrogens is 2. The second kappa shape index (κ2) is 9.06. The second-order valence-electron chi connectivity index (χ2n) is 7.79. The van der Waals surface area contributed by atoms with Gasteiger partial charge in [0.15, 0.2) is 0 Å². The minimum atomic E-state index is -0.567. The van der Waals surface area contributed by atoms with Crippen molar-refractivity contribution >= 4 is 16.9 Å². The van der Waals surface area contributed by atoms with Crippen molar-refractivity contribution in [2.24, 2.45) is 7.05 Å². The summed E-state index contributed by atoms with van der Waals surface area (Å²) in [7, 11) is 1.60. The Bertz CT molecular complexity index is 1380. The Hall–Kier alpha value is -3.93.